The molecule has 3 aromatic heterocycles. The Hall–Kier alpha value is -3.95. The molecule has 7 nitrogen and oxygen atoms in total. The topological polar surface area (TPSA) is 81.4 Å². The third kappa shape index (κ3) is 6.25. The Morgan fingerprint density at radius 1 is 1.03 bits per heavy atom. The van der Waals surface area contributed by atoms with Gasteiger partial charge in [0.05, 0.1) is 24.0 Å². The number of fused-ring (bicyclic) bond motifs is 1. The number of ether oxygens (including phenoxy) is 1. The van der Waals surface area contributed by atoms with Crippen molar-refractivity contribution < 1.29 is 22.7 Å². The fourth-order valence-corrected chi connectivity index (χ4v) is 4.53. The number of pyridine rings is 1. The Morgan fingerprint density at radius 2 is 1.86 bits per heavy atom. The maximum atomic E-state index is 12.4. The number of nitrogens with one attached hydrogen (secondary N) is 1. The van der Waals surface area contributed by atoms with E-state index in [1.165, 1.54) is 19.3 Å². The molecular formula is C27H26F3N5O2. The van der Waals surface area contributed by atoms with Crippen LogP contribution in [0.3, 0.4) is 0 Å². The van der Waals surface area contributed by atoms with Gasteiger partial charge in [-0.2, -0.15) is 13.2 Å². The van der Waals surface area contributed by atoms with E-state index in [1.54, 1.807) is 24.4 Å². The first-order chi connectivity index (χ1) is 17.8. The fourth-order valence-electron chi connectivity index (χ4n) is 4.53. The number of halogens is 3. The molecule has 0 unspecified atom stereocenters. The van der Waals surface area contributed by atoms with Gasteiger partial charge >= 0.3 is 6.18 Å². The second kappa shape index (κ2) is 10.6. The minimum Gasteiger partial charge on any atom is -0.473 e. The SMILES string of the molecule is O=C(Cc1cccc(-c2cnc3cc(-c4ccc(OC5CCCCC5)nn4)ccn23)c1)NCC(F)(F)F. The third-order valence-corrected chi connectivity index (χ3v) is 6.36. The van der Waals surface area contributed by atoms with Gasteiger partial charge < -0.3 is 10.1 Å². The molecule has 0 aliphatic heterocycles. The molecule has 1 fully saturated rings. The number of nitrogens with zero attached hydrogens (tertiary/aromatic N) is 4. The van der Waals surface area contributed by atoms with E-state index in [2.05, 4.69) is 15.2 Å². The van der Waals surface area contributed by atoms with Crippen molar-refractivity contribution in [2.45, 2.75) is 50.8 Å². The number of rotatable bonds is 7. The van der Waals surface area contributed by atoms with E-state index in [0.717, 1.165) is 29.7 Å². The number of carbonyl (C=O) groups is 1. The highest BCUT2D eigenvalue weighted by atomic mass is 19.4. The van der Waals surface area contributed by atoms with E-state index < -0.39 is 18.6 Å². The second-order valence-electron chi connectivity index (χ2n) is 9.19. The first kappa shape index (κ1) is 24.7. The average Bonchev–Trinajstić information content (AvgIpc) is 3.32. The number of alkyl halides is 3. The average molecular weight is 510 g/mol. The van der Waals surface area contributed by atoms with Gasteiger partial charge in [0.1, 0.15) is 18.3 Å². The molecule has 10 heteroatoms. The molecule has 1 aliphatic rings. The molecule has 0 bridgehead atoms. The number of hydrogen-bond acceptors (Lipinski definition) is 5. The van der Waals surface area contributed by atoms with Crippen molar-refractivity contribution in [3.05, 3.63) is 66.5 Å². The molecule has 37 heavy (non-hydrogen) atoms. The highest BCUT2D eigenvalue weighted by Crippen LogP contribution is 2.27. The van der Waals surface area contributed by atoms with Gasteiger partial charge in [-0.1, -0.05) is 24.6 Å². The summed E-state index contributed by atoms with van der Waals surface area (Å²) in [7, 11) is 0. The van der Waals surface area contributed by atoms with Crippen LogP contribution in [-0.4, -0.2) is 44.3 Å². The van der Waals surface area contributed by atoms with Crippen LogP contribution in [0.25, 0.3) is 28.2 Å². The Labute approximate surface area is 211 Å². The van der Waals surface area contributed by atoms with Gasteiger partial charge in [-0.15, -0.1) is 10.2 Å². The summed E-state index contributed by atoms with van der Waals surface area (Å²) in [6.07, 6.45) is 4.95. The lowest BCUT2D eigenvalue weighted by Gasteiger charge is -2.21. The highest BCUT2D eigenvalue weighted by molar-refractivity contribution is 5.79. The molecule has 1 aromatic carbocycles. The van der Waals surface area contributed by atoms with E-state index in [9.17, 15) is 18.0 Å². The molecule has 0 atom stereocenters. The fraction of sp³-hybridized carbons (Fsp3) is 0.333. The molecule has 1 aliphatic carbocycles. The number of hydrogen-bond donors (Lipinski definition) is 1. The second-order valence-corrected chi connectivity index (χ2v) is 9.19. The predicted molar refractivity (Wildman–Crippen MR) is 132 cm³/mol. The number of aromatic nitrogens is 4. The lowest BCUT2D eigenvalue weighted by atomic mass is 9.98. The first-order valence-electron chi connectivity index (χ1n) is 12.2. The van der Waals surface area contributed by atoms with Gasteiger partial charge in [0.2, 0.25) is 11.8 Å². The summed E-state index contributed by atoms with van der Waals surface area (Å²) >= 11 is 0. The smallest absolute Gasteiger partial charge is 0.405 e. The maximum absolute atomic E-state index is 12.4. The van der Waals surface area contributed by atoms with E-state index in [4.69, 9.17) is 4.74 Å². The van der Waals surface area contributed by atoms with Crippen molar-refractivity contribution >= 4 is 11.6 Å². The zero-order valence-corrected chi connectivity index (χ0v) is 20.0. The van der Waals surface area contributed by atoms with Crippen molar-refractivity contribution in [1.29, 1.82) is 0 Å². The zero-order valence-electron chi connectivity index (χ0n) is 20.0. The molecule has 5 rings (SSSR count). The standard InChI is InChI=1S/C27H26F3N5O2/c28-27(29,30)17-32-25(36)14-18-5-4-6-20(13-18)23-16-31-24-15-19(11-12-35(23)24)22-9-10-26(34-33-22)37-21-7-2-1-3-8-21/h4-6,9-13,15-16,21H,1-3,7-8,14,17H2,(H,32,36). The van der Waals surface area contributed by atoms with Gasteiger partial charge in [-0.05, 0) is 55.5 Å². The van der Waals surface area contributed by atoms with E-state index >= 15 is 0 Å². The minimum atomic E-state index is -4.44. The Kier molecular flexibility index (Phi) is 7.07. The van der Waals surface area contributed by atoms with Gasteiger partial charge in [0.15, 0.2) is 0 Å². The van der Waals surface area contributed by atoms with E-state index in [-0.39, 0.29) is 12.5 Å². The van der Waals surface area contributed by atoms with Gasteiger partial charge in [-0.3, -0.25) is 9.20 Å². The molecule has 192 valence electrons. The predicted octanol–water partition coefficient (Wildman–Crippen LogP) is 5.39. The van der Waals surface area contributed by atoms with Crippen molar-refractivity contribution in [1.82, 2.24) is 24.9 Å². The van der Waals surface area contributed by atoms with Crippen LogP contribution in [0.5, 0.6) is 5.88 Å². The Bertz CT molecular complexity index is 1380. The van der Waals surface area contributed by atoms with Crippen molar-refractivity contribution in [3.8, 4) is 28.4 Å². The normalized spacial score (nSPS) is 14.6. The quantitative estimate of drug-likeness (QED) is 0.361. The molecule has 1 saturated carbocycles. The molecule has 0 spiro atoms. The number of amides is 1. The summed E-state index contributed by atoms with van der Waals surface area (Å²) in [6, 6.07) is 14.7. The van der Waals surface area contributed by atoms with Crippen LogP contribution in [0.4, 0.5) is 13.2 Å². The molecule has 1 N–H and O–H groups in total. The summed E-state index contributed by atoms with van der Waals surface area (Å²) in [5, 5.41) is 10.5. The molecule has 4 aromatic rings. The first-order valence-corrected chi connectivity index (χ1v) is 12.2. The largest absolute Gasteiger partial charge is 0.473 e. The summed E-state index contributed by atoms with van der Waals surface area (Å²) in [4.78, 5) is 16.4. The molecular weight excluding hydrogens is 483 g/mol. The van der Waals surface area contributed by atoms with Crippen molar-refractivity contribution in [3.63, 3.8) is 0 Å². The molecule has 0 radical (unpaired) electrons. The number of benzene rings is 1. The van der Waals surface area contributed by atoms with Crippen LogP contribution < -0.4 is 10.1 Å². The van der Waals surface area contributed by atoms with Crippen LogP contribution in [0.1, 0.15) is 37.7 Å². The molecule has 1 amide bonds. The Balaban J connectivity index is 1.30. The minimum absolute atomic E-state index is 0.149. The van der Waals surface area contributed by atoms with Crippen LogP contribution in [0.2, 0.25) is 0 Å². The number of carbonyl (C=O) groups excluding carboxylic acids is 1. The summed E-state index contributed by atoms with van der Waals surface area (Å²) in [6.45, 7) is -1.35. The zero-order chi connectivity index (χ0) is 25.8. The molecule has 0 saturated heterocycles. The summed E-state index contributed by atoms with van der Waals surface area (Å²) in [5.74, 6) is -0.152. The number of imidazole rings is 1. The van der Waals surface area contributed by atoms with Crippen molar-refractivity contribution in [2.24, 2.45) is 0 Å². The van der Waals surface area contributed by atoms with Crippen LogP contribution in [0.15, 0.2) is 60.9 Å². The molecule has 3 heterocycles. The monoisotopic (exact) mass is 509 g/mol. The lowest BCUT2D eigenvalue weighted by molar-refractivity contribution is -0.138. The van der Waals surface area contributed by atoms with Crippen LogP contribution >= 0.6 is 0 Å². The summed E-state index contributed by atoms with van der Waals surface area (Å²) < 4.78 is 44.9. The van der Waals surface area contributed by atoms with E-state index in [1.807, 2.05) is 46.2 Å². The van der Waals surface area contributed by atoms with Gasteiger partial charge in [0, 0.05) is 23.4 Å². The Morgan fingerprint density at radius 3 is 2.62 bits per heavy atom. The van der Waals surface area contributed by atoms with Crippen LogP contribution in [0, 0.1) is 0 Å². The van der Waals surface area contributed by atoms with Crippen molar-refractivity contribution in [2.75, 3.05) is 6.54 Å². The third-order valence-electron chi connectivity index (χ3n) is 6.36. The van der Waals surface area contributed by atoms with Crippen LogP contribution in [-0.2, 0) is 11.2 Å². The van der Waals surface area contributed by atoms with Gasteiger partial charge in [0.25, 0.3) is 0 Å². The van der Waals surface area contributed by atoms with E-state index in [0.29, 0.717) is 22.8 Å². The van der Waals surface area contributed by atoms with Gasteiger partial charge in [-0.25, -0.2) is 4.98 Å². The summed E-state index contributed by atoms with van der Waals surface area (Å²) in [5.41, 5.74) is 4.46. The highest BCUT2D eigenvalue weighted by Gasteiger charge is 2.27. The lowest BCUT2D eigenvalue weighted by Crippen LogP contribution is -2.34. The maximum Gasteiger partial charge on any atom is 0.405 e.